The minimum absolute atomic E-state index is 0.321. The number of fused-ring (bicyclic) bond motifs is 1. The van der Waals surface area contributed by atoms with Crippen molar-refractivity contribution in [3.8, 4) is 11.1 Å². The highest BCUT2D eigenvalue weighted by Crippen LogP contribution is 2.28. The first-order chi connectivity index (χ1) is 20.2. The second-order valence-electron chi connectivity index (χ2n) is 11.5. The van der Waals surface area contributed by atoms with E-state index in [1.165, 1.54) is 12.1 Å². The Balaban J connectivity index is 1.15. The van der Waals surface area contributed by atoms with Crippen molar-refractivity contribution in [3.63, 3.8) is 0 Å². The van der Waals surface area contributed by atoms with Gasteiger partial charge in [-0.15, -0.1) is 0 Å². The molecule has 12 heteroatoms. The number of aromatic nitrogens is 6. The van der Waals surface area contributed by atoms with Gasteiger partial charge in [0.25, 0.3) is 0 Å². The molecular formula is C30H34FN9OS. The molecule has 0 aliphatic carbocycles. The molecule has 218 valence electrons. The van der Waals surface area contributed by atoms with Crippen molar-refractivity contribution in [1.82, 2.24) is 34.1 Å². The van der Waals surface area contributed by atoms with Crippen LogP contribution in [-0.4, -0.2) is 64.5 Å². The average Bonchev–Trinajstić information content (AvgIpc) is 3.62. The maximum Gasteiger partial charge on any atom is 0.225 e. The van der Waals surface area contributed by atoms with Crippen LogP contribution >= 0.6 is 0 Å². The molecule has 0 saturated carbocycles. The van der Waals surface area contributed by atoms with E-state index in [4.69, 9.17) is 0 Å². The Morgan fingerprint density at radius 3 is 2.17 bits per heavy atom. The van der Waals surface area contributed by atoms with Crippen molar-refractivity contribution in [2.24, 2.45) is 7.05 Å². The standard InChI is InChI=1S/C30H34FN9OS/c1-30(2,3)42(41)36-28(21-5-8-25(31)9-6-21)23-15-32-29(33-16-23)39-13-11-38(12-14-39)27-18-35-40-20-22(7-10-26(27)40)24-17-34-37(4)19-24/h5-10,15-20,28,36H,11-14H2,1-4H3/t28?,42-/m0/s1. The second kappa shape index (κ2) is 11.3. The molecule has 5 aromatic rings. The molecule has 1 N–H and O–H groups in total. The molecule has 4 aromatic heterocycles. The molecule has 42 heavy (non-hydrogen) atoms. The molecule has 2 atom stereocenters. The Morgan fingerprint density at radius 1 is 0.833 bits per heavy atom. The lowest BCUT2D eigenvalue weighted by Gasteiger charge is -2.35. The van der Waals surface area contributed by atoms with Gasteiger partial charge in [0, 0.05) is 74.7 Å². The number of piperazine rings is 1. The molecule has 6 rings (SSSR count). The minimum atomic E-state index is -1.35. The first kappa shape index (κ1) is 28.0. The zero-order valence-corrected chi connectivity index (χ0v) is 24.9. The van der Waals surface area contributed by atoms with Crippen LogP contribution in [0.3, 0.4) is 0 Å². The van der Waals surface area contributed by atoms with E-state index < -0.39 is 21.8 Å². The van der Waals surface area contributed by atoms with Gasteiger partial charge in [-0.2, -0.15) is 10.2 Å². The SMILES string of the molecule is Cn1cc(-c2ccc3c(N4CCN(c5ncc(C(N[S@@](=O)C(C)(C)C)c6ccc(F)cc6)cn5)CC4)cnn3c2)cn1. The quantitative estimate of drug-likeness (QED) is 0.306. The van der Waals surface area contributed by atoms with Crippen molar-refractivity contribution in [2.75, 3.05) is 36.0 Å². The van der Waals surface area contributed by atoms with Gasteiger partial charge in [-0.3, -0.25) is 4.68 Å². The number of nitrogens with zero attached hydrogens (tertiary/aromatic N) is 8. The van der Waals surface area contributed by atoms with E-state index in [1.807, 2.05) is 57.1 Å². The molecule has 1 unspecified atom stereocenters. The average molecular weight is 588 g/mol. The van der Waals surface area contributed by atoms with Gasteiger partial charge < -0.3 is 9.80 Å². The number of benzene rings is 1. The molecule has 0 spiro atoms. The third-order valence-electron chi connectivity index (χ3n) is 7.41. The maximum absolute atomic E-state index is 13.6. The number of hydrogen-bond donors (Lipinski definition) is 1. The Bertz CT molecular complexity index is 1700. The van der Waals surface area contributed by atoms with E-state index in [0.29, 0.717) is 5.95 Å². The van der Waals surface area contributed by atoms with Crippen LogP contribution in [0.4, 0.5) is 16.0 Å². The number of hydrogen-bond acceptors (Lipinski definition) is 7. The molecule has 1 aromatic carbocycles. The Hall–Kier alpha value is -4.16. The van der Waals surface area contributed by atoms with Gasteiger partial charge >= 0.3 is 0 Å². The monoisotopic (exact) mass is 587 g/mol. The van der Waals surface area contributed by atoms with Crippen LogP contribution in [0.1, 0.15) is 37.9 Å². The highest BCUT2D eigenvalue weighted by atomic mass is 32.2. The molecule has 10 nitrogen and oxygen atoms in total. The fourth-order valence-corrected chi connectivity index (χ4v) is 5.85. The van der Waals surface area contributed by atoms with Gasteiger partial charge in [-0.05, 0) is 44.5 Å². The van der Waals surface area contributed by atoms with Gasteiger partial charge in [0.1, 0.15) is 5.82 Å². The summed E-state index contributed by atoms with van der Waals surface area (Å²) in [6, 6.07) is 9.97. The van der Waals surface area contributed by atoms with Crippen LogP contribution in [0.5, 0.6) is 0 Å². The summed E-state index contributed by atoms with van der Waals surface area (Å²) in [5.41, 5.74) is 5.83. The lowest BCUT2D eigenvalue weighted by atomic mass is 10.0. The third-order valence-corrected chi connectivity index (χ3v) is 8.98. The lowest BCUT2D eigenvalue weighted by Crippen LogP contribution is -2.47. The van der Waals surface area contributed by atoms with E-state index in [1.54, 1.807) is 29.2 Å². The summed E-state index contributed by atoms with van der Waals surface area (Å²) in [5.74, 6) is 0.327. The summed E-state index contributed by atoms with van der Waals surface area (Å²) < 4.78 is 33.0. The molecule has 1 aliphatic heterocycles. The zero-order valence-electron chi connectivity index (χ0n) is 24.1. The van der Waals surface area contributed by atoms with Crippen LogP contribution in [0.25, 0.3) is 16.6 Å². The van der Waals surface area contributed by atoms with Crippen molar-refractivity contribution in [3.05, 3.63) is 90.5 Å². The summed E-state index contributed by atoms with van der Waals surface area (Å²) in [5, 5.41) is 8.89. The van der Waals surface area contributed by atoms with Crippen molar-refractivity contribution >= 4 is 28.1 Å². The predicted octanol–water partition coefficient (Wildman–Crippen LogP) is 4.13. The molecule has 0 radical (unpaired) electrons. The van der Waals surface area contributed by atoms with E-state index in [-0.39, 0.29) is 5.82 Å². The Morgan fingerprint density at radius 2 is 1.52 bits per heavy atom. The summed E-state index contributed by atoms with van der Waals surface area (Å²) in [7, 11) is 0.561. The van der Waals surface area contributed by atoms with Gasteiger partial charge in [0.2, 0.25) is 5.95 Å². The fraction of sp³-hybridized carbons (Fsp3) is 0.333. The zero-order chi connectivity index (χ0) is 29.4. The van der Waals surface area contributed by atoms with Crippen LogP contribution < -0.4 is 14.5 Å². The molecular weight excluding hydrogens is 553 g/mol. The van der Waals surface area contributed by atoms with Crippen LogP contribution in [0, 0.1) is 5.82 Å². The predicted molar refractivity (Wildman–Crippen MR) is 163 cm³/mol. The minimum Gasteiger partial charge on any atom is -0.365 e. The van der Waals surface area contributed by atoms with Crippen LogP contribution in [-0.2, 0) is 18.0 Å². The second-order valence-corrected chi connectivity index (χ2v) is 13.5. The topological polar surface area (TPSA) is 96.5 Å². The lowest BCUT2D eigenvalue weighted by molar-refractivity contribution is 0.616. The number of rotatable bonds is 7. The van der Waals surface area contributed by atoms with E-state index in [0.717, 1.165) is 59.6 Å². The largest absolute Gasteiger partial charge is 0.365 e. The Labute approximate surface area is 246 Å². The molecule has 1 fully saturated rings. The van der Waals surface area contributed by atoms with Gasteiger partial charge in [-0.25, -0.2) is 27.8 Å². The van der Waals surface area contributed by atoms with E-state index >= 15 is 0 Å². The summed E-state index contributed by atoms with van der Waals surface area (Å²) in [6.07, 6.45) is 11.3. The highest BCUT2D eigenvalue weighted by molar-refractivity contribution is 7.84. The number of nitrogens with one attached hydrogen (secondary N) is 1. The summed E-state index contributed by atoms with van der Waals surface area (Å²) >= 11 is 0. The first-order valence-corrected chi connectivity index (χ1v) is 15.0. The normalized spacial score (nSPS) is 15.7. The summed E-state index contributed by atoms with van der Waals surface area (Å²) in [6.45, 7) is 8.86. The van der Waals surface area contributed by atoms with Crippen molar-refractivity contribution in [1.29, 1.82) is 0 Å². The van der Waals surface area contributed by atoms with E-state index in [9.17, 15) is 8.60 Å². The molecule has 1 saturated heterocycles. The molecule has 1 aliphatic rings. The number of aryl methyl sites for hydroxylation is 1. The Kier molecular flexibility index (Phi) is 7.50. The maximum atomic E-state index is 13.6. The first-order valence-electron chi connectivity index (χ1n) is 13.9. The van der Waals surface area contributed by atoms with Crippen LogP contribution in [0.2, 0.25) is 0 Å². The number of anilines is 2. The van der Waals surface area contributed by atoms with Crippen LogP contribution in [0.15, 0.2) is 73.6 Å². The molecule has 0 bridgehead atoms. The van der Waals surface area contributed by atoms with Gasteiger partial charge in [-0.1, -0.05) is 18.2 Å². The molecule has 5 heterocycles. The van der Waals surface area contributed by atoms with Crippen molar-refractivity contribution < 1.29 is 8.60 Å². The molecule has 0 amide bonds. The van der Waals surface area contributed by atoms with E-state index in [2.05, 4.69) is 46.8 Å². The highest BCUT2D eigenvalue weighted by Gasteiger charge is 2.26. The number of pyridine rings is 1. The van der Waals surface area contributed by atoms with Crippen molar-refractivity contribution in [2.45, 2.75) is 31.6 Å². The summed E-state index contributed by atoms with van der Waals surface area (Å²) in [4.78, 5) is 13.9. The third kappa shape index (κ3) is 5.77. The van der Waals surface area contributed by atoms with Gasteiger partial charge in [0.05, 0.1) is 45.4 Å². The number of halogens is 1. The fourth-order valence-electron chi connectivity index (χ4n) is 5.01. The van der Waals surface area contributed by atoms with Gasteiger partial charge in [0.15, 0.2) is 0 Å². The smallest absolute Gasteiger partial charge is 0.225 e.